The van der Waals surface area contributed by atoms with Crippen LogP contribution in [-0.2, 0) is 0 Å². The molecule has 18 heavy (non-hydrogen) atoms. The van der Waals surface area contributed by atoms with Gasteiger partial charge in [-0.1, -0.05) is 20.3 Å². The fourth-order valence-corrected chi connectivity index (χ4v) is 3.16. The summed E-state index contributed by atoms with van der Waals surface area (Å²) in [5, 5.41) is 7.93. The lowest BCUT2D eigenvalue weighted by Gasteiger charge is -2.28. The fourth-order valence-electron chi connectivity index (χ4n) is 3.16. The van der Waals surface area contributed by atoms with Crippen LogP contribution in [0.4, 0.5) is 0 Å². The third-order valence-corrected chi connectivity index (χ3v) is 4.55. The number of rotatable bonds is 5. The fraction of sp³-hybridized carbons (Fsp3) is 0.800. The third kappa shape index (κ3) is 2.94. The Morgan fingerprint density at radius 1 is 1.33 bits per heavy atom. The predicted octanol–water partition coefficient (Wildman–Crippen LogP) is 3.69. The van der Waals surface area contributed by atoms with Crippen LogP contribution in [0.25, 0.3) is 0 Å². The molecule has 1 fully saturated rings. The molecule has 0 radical (unpaired) electrons. The predicted molar refractivity (Wildman–Crippen MR) is 75.6 cm³/mol. The van der Waals surface area contributed by atoms with Crippen molar-refractivity contribution in [1.82, 2.24) is 15.1 Å². The summed E-state index contributed by atoms with van der Waals surface area (Å²) < 4.78 is 2.21. The minimum atomic E-state index is 0.450. The van der Waals surface area contributed by atoms with Gasteiger partial charge in [0.1, 0.15) is 0 Å². The number of aromatic nitrogens is 2. The highest BCUT2D eigenvalue weighted by atomic mass is 15.3. The van der Waals surface area contributed by atoms with E-state index in [1.807, 2.05) is 13.2 Å². The lowest BCUT2D eigenvalue weighted by molar-refractivity contribution is 0.256. The molecule has 3 heteroatoms. The average molecular weight is 249 g/mol. The molecule has 0 amide bonds. The van der Waals surface area contributed by atoms with E-state index in [9.17, 15) is 0 Å². The van der Waals surface area contributed by atoms with Gasteiger partial charge in [-0.2, -0.15) is 5.10 Å². The van der Waals surface area contributed by atoms with Crippen LogP contribution in [0, 0.1) is 5.92 Å². The maximum atomic E-state index is 4.58. The number of hydrogen-bond acceptors (Lipinski definition) is 2. The van der Waals surface area contributed by atoms with Crippen molar-refractivity contribution >= 4 is 0 Å². The van der Waals surface area contributed by atoms with Gasteiger partial charge in [0.15, 0.2) is 0 Å². The number of nitrogens with one attached hydrogen (secondary N) is 1. The second-order valence-corrected chi connectivity index (χ2v) is 5.59. The van der Waals surface area contributed by atoms with Gasteiger partial charge in [0.2, 0.25) is 0 Å². The molecule has 0 spiro atoms. The molecule has 1 aromatic rings. The van der Waals surface area contributed by atoms with Crippen molar-refractivity contribution in [3.8, 4) is 0 Å². The largest absolute Gasteiger partial charge is 0.313 e. The molecular weight excluding hydrogens is 222 g/mol. The molecule has 1 aromatic heterocycles. The maximum Gasteiger partial charge on any atom is 0.0537 e. The molecule has 1 saturated carbocycles. The number of hydrogen-bond donors (Lipinski definition) is 1. The molecule has 2 rings (SSSR count). The van der Waals surface area contributed by atoms with E-state index < -0.39 is 0 Å². The Kier molecular flexibility index (Phi) is 4.81. The van der Waals surface area contributed by atoms with Crippen molar-refractivity contribution in [2.45, 2.75) is 64.5 Å². The zero-order chi connectivity index (χ0) is 13.0. The van der Waals surface area contributed by atoms with Crippen LogP contribution in [-0.4, -0.2) is 16.8 Å². The van der Waals surface area contributed by atoms with Crippen molar-refractivity contribution in [3.05, 3.63) is 18.0 Å². The Balaban J connectivity index is 1.98. The molecular formula is C15H27N3. The first kappa shape index (κ1) is 13.6. The second kappa shape index (κ2) is 6.37. The zero-order valence-electron chi connectivity index (χ0n) is 12.0. The van der Waals surface area contributed by atoms with Crippen molar-refractivity contribution in [2.24, 2.45) is 5.92 Å². The molecule has 1 atom stereocenters. The zero-order valence-corrected chi connectivity index (χ0v) is 12.0. The summed E-state index contributed by atoms with van der Waals surface area (Å²) in [4.78, 5) is 0. The molecule has 0 bridgehead atoms. The van der Waals surface area contributed by atoms with Gasteiger partial charge in [0.25, 0.3) is 0 Å². The Hall–Kier alpha value is -0.830. The molecule has 1 N–H and O–H groups in total. The summed E-state index contributed by atoms with van der Waals surface area (Å²) in [6, 6.07) is 1.08. The first-order valence-electron chi connectivity index (χ1n) is 7.49. The van der Waals surface area contributed by atoms with E-state index in [1.54, 1.807) is 0 Å². The van der Waals surface area contributed by atoms with Crippen LogP contribution in [0.2, 0.25) is 0 Å². The number of nitrogens with zero attached hydrogens (tertiary/aromatic N) is 2. The van der Waals surface area contributed by atoms with E-state index >= 15 is 0 Å². The highest BCUT2D eigenvalue weighted by Crippen LogP contribution is 2.33. The SMILES string of the molecule is CCC1CCC(n2cc(C(CC)NC)cn2)CC1. The van der Waals surface area contributed by atoms with Crippen LogP contribution >= 0.6 is 0 Å². The minimum absolute atomic E-state index is 0.450. The van der Waals surface area contributed by atoms with Crippen LogP contribution in [0.3, 0.4) is 0 Å². The van der Waals surface area contributed by atoms with Crippen LogP contribution < -0.4 is 5.32 Å². The Morgan fingerprint density at radius 2 is 2.06 bits per heavy atom. The van der Waals surface area contributed by atoms with E-state index in [-0.39, 0.29) is 0 Å². The Morgan fingerprint density at radius 3 is 2.61 bits per heavy atom. The smallest absolute Gasteiger partial charge is 0.0537 e. The van der Waals surface area contributed by atoms with E-state index in [0.717, 1.165) is 12.3 Å². The Labute approximate surface area is 111 Å². The van der Waals surface area contributed by atoms with Crippen LogP contribution in [0.5, 0.6) is 0 Å². The van der Waals surface area contributed by atoms with Crippen molar-refractivity contribution in [2.75, 3.05) is 7.05 Å². The topological polar surface area (TPSA) is 29.9 Å². The molecule has 1 unspecified atom stereocenters. The molecule has 1 aliphatic rings. The quantitative estimate of drug-likeness (QED) is 0.862. The minimum Gasteiger partial charge on any atom is -0.313 e. The van der Waals surface area contributed by atoms with E-state index in [2.05, 4.69) is 35.1 Å². The standard InChI is InChI=1S/C15H27N3/c1-4-12-6-8-14(9-7-12)18-11-13(10-17-18)15(5-2)16-3/h10-12,14-16H,4-9H2,1-3H3. The summed E-state index contributed by atoms with van der Waals surface area (Å²) in [5.41, 5.74) is 1.33. The van der Waals surface area contributed by atoms with Gasteiger partial charge in [-0.3, -0.25) is 4.68 Å². The Bertz CT molecular complexity index is 346. The molecule has 102 valence electrons. The van der Waals surface area contributed by atoms with Crippen LogP contribution in [0.1, 0.15) is 70.0 Å². The van der Waals surface area contributed by atoms with Gasteiger partial charge in [0, 0.05) is 17.8 Å². The monoisotopic (exact) mass is 249 g/mol. The maximum absolute atomic E-state index is 4.58. The van der Waals surface area contributed by atoms with Gasteiger partial charge >= 0.3 is 0 Å². The first-order valence-corrected chi connectivity index (χ1v) is 7.49. The summed E-state index contributed by atoms with van der Waals surface area (Å²) in [5.74, 6) is 0.956. The average Bonchev–Trinajstić information content (AvgIpc) is 2.90. The van der Waals surface area contributed by atoms with E-state index in [4.69, 9.17) is 0 Å². The van der Waals surface area contributed by atoms with Crippen molar-refractivity contribution in [3.63, 3.8) is 0 Å². The molecule has 1 heterocycles. The van der Waals surface area contributed by atoms with Gasteiger partial charge in [-0.25, -0.2) is 0 Å². The summed E-state index contributed by atoms with van der Waals surface area (Å²) in [7, 11) is 2.03. The summed E-state index contributed by atoms with van der Waals surface area (Å²) in [6.07, 6.45) is 12.1. The first-order chi connectivity index (χ1) is 8.78. The molecule has 0 saturated heterocycles. The van der Waals surface area contributed by atoms with Gasteiger partial charge < -0.3 is 5.32 Å². The van der Waals surface area contributed by atoms with Gasteiger partial charge in [-0.05, 0) is 45.1 Å². The summed E-state index contributed by atoms with van der Waals surface area (Å²) in [6.45, 7) is 4.53. The highest BCUT2D eigenvalue weighted by Gasteiger charge is 2.22. The molecule has 3 nitrogen and oxygen atoms in total. The van der Waals surface area contributed by atoms with Crippen LogP contribution in [0.15, 0.2) is 12.4 Å². The van der Waals surface area contributed by atoms with Gasteiger partial charge in [-0.15, -0.1) is 0 Å². The highest BCUT2D eigenvalue weighted by molar-refractivity contribution is 5.10. The third-order valence-electron chi connectivity index (χ3n) is 4.55. The van der Waals surface area contributed by atoms with Crippen molar-refractivity contribution < 1.29 is 0 Å². The van der Waals surface area contributed by atoms with Crippen molar-refractivity contribution in [1.29, 1.82) is 0 Å². The molecule has 0 aliphatic heterocycles. The van der Waals surface area contributed by atoms with E-state index in [1.165, 1.54) is 37.7 Å². The normalized spacial score (nSPS) is 26.2. The second-order valence-electron chi connectivity index (χ2n) is 5.59. The summed E-state index contributed by atoms with van der Waals surface area (Å²) >= 11 is 0. The lowest BCUT2D eigenvalue weighted by Crippen LogP contribution is -2.18. The van der Waals surface area contributed by atoms with E-state index in [0.29, 0.717) is 12.1 Å². The molecule has 1 aliphatic carbocycles. The lowest BCUT2D eigenvalue weighted by atomic mass is 9.85. The molecule has 0 aromatic carbocycles. The van der Waals surface area contributed by atoms with Gasteiger partial charge in [0.05, 0.1) is 12.2 Å².